The highest BCUT2D eigenvalue weighted by molar-refractivity contribution is 5.97. The third-order valence-corrected chi connectivity index (χ3v) is 5.38. The summed E-state index contributed by atoms with van der Waals surface area (Å²) in [5.41, 5.74) is 0.132. The zero-order valence-corrected chi connectivity index (χ0v) is 13.4. The molecule has 2 heterocycles. The van der Waals surface area contributed by atoms with Crippen molar-refractivity contribution >= 4 is 22.7 Å². The molecular formula is C17H18F3N3O2. The molecule has 1 aliphatic heterocycles. The largest absolute Gasteiger partial charge is 0.468 e. The van der Waals surface area contributed by atoms with Gasteiger partial charge in [0.15, 0.2) is 5.58 Å². The van der Waals surface area contributed by atoms with Crippen molar-refractivity contribution in [3.05, 3.63) is 24.1 Å². The van der Waals surface area contributed by atoms with Gasteiger partial charge in [-0.2, -0.15) is 13.2 Å². The van der Waals surface area contributed by atoms with E-state index in [0.717, 1.165) is 32.2 Å². The number of carbonyl (C=O) groups excluding carboxylic acids is 1. The number of hydrogen-bond donors (Lipinski definition) is 2. The van der Waals surface area contributed by atoms with Gasteiger partial charge in [-0.3, -0.25) is 4.79 Å². The molecule has 1 saturated heterocycles. The van der Waals surface area contributed by atoms with Crippen LogP contribution in [0.4, 0.5) is 18.9 Å². The highest BCUT2D eigenvalue weighted by Gasteiger charge is 2.49. The van der Waals surface area contributed by atoms with Gasteiger partial charge in [0.1, 0.15) is 5.52 Å². The molecule has 4 rings (SSSR count). The van der Waals surface area contributed by atoms with Gasteiger partial charge in [-0.25, -0.2) is 4.98 Å². The number of fused-ring (bicyclic) bond motifs is 2. The number of alkyl halides is 3. The van der Waals surface area contributed by atoms with Crippen molar-refractivity contribution in [3.8, 4) is 0 Å². The van der Waals surface area contributed by atoms with Gasteiger partial charge in [0, 0.05) is 12.2 Å². The molecule has 2 aromatic rings. The van der Waals surface area contributed by atoms with Crippen molar-refractivity contribution in [2.24, 2.45) is 11.3 Å². The Morgan fingerprint density at radius 1 is 1.36 bits per heavy atom. The summed E-state index contributed by atoms with van der Waals surface area (Å²) in [5.74, 6) is -1.04. The maximum absolute atomic E-state index is 12.9. The summed E-state index contributed by atoms with van der Waals surface area (Å²) >= 11 is 0. The van der Waals surface area contributed by atoms with Crippen LogP contribution >= 0.6 is 0 Å². The summed E-state index contributed by atoms with van der Waals surface area (Å²) in [4.78, 5) is 16.4. The number of rotatable bonds is 2. The van der Waals surface area contributed by atoms with E-state index in [9.17, 15) is 18.0 Å². The lowest BCUT2D eigenvalue weighted by molar-refractivity contribution is -0.156. The molecule has 8 heteroatoms. The van der Waals surface area contributed by atoms with E-state index in [4.69, 9.17) is 4.42 Å². The number of anilines is 1. The minimum absolute atomic E-state index is 0.0431. The molecule has 0 spiro atoms. The van der Waals surface area contributed by atoms with Gasteiger partial charge < -0.3 is 15.1 Å². The van der Waals surface area contributed by atoms with Crippen LogP contribution in [0.2, 0.25) is 0 Å². The second kappa shape index (κ2) is 5.72. The van der Waals surface area contributed by atoms with Crippen molar-refractivity contribution in [2.45, 2.75) is 31.9 Å². The number of nitrogens with zero attached hydrogens (tertiary/aromatic N) is 1. The molecule has 5 nitrogen and oxygen atoms in total. The monoisotopic (exact) mass is 353 g/mol. The first-order valence-corrected chi connectivity index (χ1v) is 8.38. The Morgan fingerprint density at radius 2 is 2.20 bits per heavy atom. The summed E-state index contributed by atoms with van der Waals surface area (Å²) in [5, 5.41) is 6.18. The molecule has 0 unspecified atom stereocenters. The normalized spacial score (nSPS) is 26.6. The third kappa shape index (κ3) is 2.78. The third-order valence-electron chi connectivity index (χ3n) is 5.38. The van der Waals surface area contributed by atoms with E-state index < -0.39 is 17.5 Å². The fourth-order valence-electron chi connectivity index (χ4n) is 4.07. The van der Waals surface area contributed by atoms with E-state index in [1.807, 2.05) is 0 Å². The molecule has 2 atom stereocenters. The Kier molecular flexibility index (Phi) is 3.75. The standard InChI is InChI=1S/C17H18F3N3O2/c18-17(19,20)15-23-12-7-11(4-5-13(12)25-15)22-14(24)16-6-2-1-3-10(16)8-21-9-16/h4-5,7,10,21H,1-3,6,8-9H2,(H,22,24)/t10-,16+/m0/s1. The van der Waals surface area contributed by atoms with E-state index in [1.54, 1.807) is 6.07 Å². The first-order chi connectivity index (χ1) is 11.9. The number of carbonyl (C=O) groups is 1. The van der Waals surface area contributed by atoms with E-state index in [1.165, 1.54) is 12.1 Å². The van der Waals surface area contributed by atoms with Crippen LogP contribution in [0.25, 0.3) is 11.1 Å². The molecular weight excluding hydrogens is 335 g/mol. The van der Waals surface area contributed by atoms with Crippen molar-refractivity contribution in [2.75, 3.05) is 18.4 Å². The number of aromatic nitrogens is 1. The molecule has 1 aliphatic carbocycles. The maximum atomic E-state index is 12.9. The predicted molar refractivity (Wildman–Crippen MR) is 84.9 cm³/mol. The molecule has 134 valence electrons. The van der Waals surface area contributed by atoms with Crippen LogP contribution in [0.5, 0.6) is 0 Å². The predicted octanol–water partition coefficient (Wildman–Crippen LogP) is 3.56. The SMILES string of the molecule is O=C(Nc1ccc2oc(C(F)(F)F)nc2c1)[C@@]12CCCC[C@H]1CNC2. The molecule has 2 N–H and O–H groups in total. The van der Waals surface area contributed by atoms with Crippen LogP contribution in [0, 0.1) is 11.3 Å². The second-order valence-electron chi connectivity index (χ2n) is 6.88. The molecule has 0 bridgehead atoms. The second-order valence-corrected chi connectivity index (χ2v) is 6.88. The molecule has 1 saturated carbocycles. The fourth-order valence-corrected chi connectivity index (χ4v) is 4.07. The first kappa shape index (κ1) is 16.4. The molecule has 2 fully saturated rings. The molecule has 2 aliphatic rings. The van der Waals surface area contributed by atoms with E-state index >= 15 is 0 Å². The van der Waals surface area contributed by atoms with E-state index in [-0.39, 0.29) is 17.0 Å². The first-order valence-electron chi connectivity index (χ1n) is 8.38. The lowest BCUT2D eigenvalue weighted by atomic mass is 9.67. The van der Waals surface area contributed by atoms with Crippen LogP contribution in [0.15, 0.2) is 22.6 Å². The average molecular weight is 353 g/mol. The minimum Gasteiger partial charge on any atom is -0.433 e. The van der Waals surface area contributed by atoms with Crippen LogP contribution < -0.4 is 10.6 Å². The number of nitrogens with one attached hydrogen (secondary N) is 2. The van der Waals surface area contributed by atoms with Gasteiger partial charge in [-0.05, 0) is 43.5 Å². The van der Waals surface area contributed by atoms with Crippen molar-refractivity contribution in [1.29, 1.82) is 0 Å². The Bertz CT molecular complexity index is 817. The van der Waals surface area contributed by atoms with Gasteiger partial charge in [-0.1, -0.05) is 12.8 Å². The van der Waals surface area contributed by atoms with Gasteiger partial charge >= 0.3 is 12.1 Å². The summed E-state index contributed by atoms with van der Waals surface area (Å²) in [6, 6.07) is 4.36. The van der Waals surface area contributed by atoms with Crippen molar-refractivity contribution in [1.82, 2.24) is 10.3 Å². The number of oxazole rings is 1. The van der Waals surface area contributed by atoms with E-state index in [0.29, 0.717) is 18.2 Å². The highest BCUT2D eigenvalue weighted by atomic mass is 19.4. The van der Waals surface area contributed by atoms with Crippen LogP contribution in [0.1, 0.15) is 31.6 Å². The van der Waals surface area contributed by atoms with Gasteiger partial charge in [0.05, 0.1) is 5.41 Å². The quantitative estimate of drug-likeness (QED) is 0.866. The number of amides is 1. The number of halogens is 3. The van der Waals surface area contributed by atoms with Crippen LogP contribution in [-0.4, -0.2) is 24.0 Å². The summed E-state index contributed by atoms with van der Waals surface area (Å²) < 4.78 is 42.8. The average Bonchev–Trinajstić information content (AvgIpc) is 3.18. The van der Waals surface area contributed by atoms with Crippen molar-refractivity contribution in [3.63, 3.8) is 0 Å². The van der Waals surface area contributed by atoms with Crippen molar-refractivity contribution < 1.29 is 22.4 Å². The zero-order chi connectivity index (χ0) is 17.7. The fraction of sp³-hybridized carbons (Fsp3) is 0.529. The maximum Gasteiger partial charge on any atom is 0.468 e. The van der Waals surface area contributed by atoms with Gasteiger partial charge in [0.25, 0.3) is 0 Å². The summed E-state index contributed by atoms with van der Waals surface area (Å²) in [6.45, 7) is 1.48. The molecule has 1 amide bonds. The van der Waals surface area contributed by atoms with E-state index in [2.05, 4.69) is 15.6 Å². The Balaban J connectivity index is 1.59. The Morgan fingerprint density at radius 3 is 3.00 bits per heavy atom. The molecule has 1 aromatic heterocycles. The highest BCUT2D eigenvalue weighted by Crippen LogP contribution is 2.44. The Labute approximate surface area is 142 Å². The zero-order valence-electron chi connectivity index (χ0n) is 13.4. The summed E-state index contributed by atoms with van der Waals surface area (Å²) in [7, 11) is 0. The topological polar surface area (TPSA) is 67.2 Å². The molecule has 0 radical (unpaired) electrons. The molecule has 1 aromatic carbocycles. The molecule has 25 heavy (non-hydrogen) atoms. The van der Waals surface area contributed by atoms with Crippen LogP contribution in [0.3, 0.4) is 0 Å². The lowest BCUT2D eigenvalue weighted by Crippen LogP contribution is -2.44. The number of hydrogen-bond acceptors (Lipinski definition) is 4. The minimum atomic E-state index is -4.63. The smallest absolute Gasteiger partial charge is 0.433 e. The number of benzene rings is 1. The lowest BCUT2D eigenvalue weighted by Gasteiger charge is -2.37. The Hall–Kier alpha value is -2.09. The summed E-state index contributed by atoms with van der Waals surface area (Å²) in [6.07, 6.45) is -0.625. The van der Waals surface area contributed by atoms with Crippen LogP contribution in [-0.2, 0) is 11.0 Å². The van der Waals surface area contributed by atoms with Gasteiger partial charge in [-0.15, -0.1) is 0 Å². The van der Waals surface area contributed by atoms with Gasteiger partial charge in [0.2, 0.25) is 5.91 Å².